The molecule has 1 aromatic rings. The molecule has 1 rings (SSSR count). The minimum Gasteiger partial charge on any atom is -0.358 e. The smallest absolute Gasteiger partial charge is 0.358 e. The lowest BCUT2D eigenvalue weighted by Gasteiger charge is -1.90. The molecule has 0 amide bonds. The van der Waals surface area contributed by atoms with Crippen molar-refractivity contribution in [3.8, 4) is 0 Å². The molecule has 1 heterocycles. The maximum atomic E-state index is 12.3. The quantitative estimate of drug-likeness (QED) is 0.372. The van der Waals surface area contributed by atoms with Crippen molar-refractivity contribution >= 4 is 17.4 Å². The Hall–Kier alpha value is -1.23. The van der Waals surface area contributed by atoms with E-state index in [0.717, 1.165) is 12.1 Å². The Kier molecular flexibility index (Phi) is 2.00. The molecule has 0 atom stereocenters. The van der Waals surface area contributed by atoms with Crippen molar-refractivity contribution < 1.29 is 9.31 Å². The SMILES string of the molecule is O=[N+]([O-])c1cc(Cl)cc(F)n1. The number of pyridine rings is 1. The van der Waals surface area contributed by atoms with E-state index in [1.807, 2.05) is 0 Å². The Morgan fingerprint density at radius 2 is 2.27 bits per heavy atom. The summed E-state index contributed by atoms with van der Waals surface area (Å²) in [4.78, 5) is 12.2. The molecular weight excluding hydrogens is 175 g/mol. The number of rotatable bonds is 1. The van der Waals surface area contributed by atoms with Crippen LogP contribution in [0.15, 0.2) is 12.1 Å². The van der Waals surface area contributed by atoms with Crippen LogP contribution in [-0.2, 0) is 0 Å². The summed E-state index contributed by atoms with van der Waals surface area (Å²) in [6.07, 6.45) is 0. The Bertz CT molecular complexity index is 284. The molecule has 6 heteroatoms. The first-order valence-corrected chi connectivity index (χ1v) is 2.95. The van der Waals surface area contributed by atoms with Gasteiger partial charge < -0.3 is 10.1 Å². The lowest BCUT2D eigenvalue weighted by molar-refractivity contribution is -0.389. The Morgan fingerprint density at radius 1 is 1.64 bits per heavy atom. The minimum absolute atomic E-state index is 0.0378. The summed E-state index contributed by atoms with van der Waals surface area (Å²) in [7, 11) is 0. The minimum atomic E-state index is -0.954. The Balaban J connectivity index is 3.19. The van der Waals surface area contributed by atoms with Gasteiger partial charge in [0.1, 0.15) is 0 Å². The number of hydrogen-bond acceptors (Lipinski definition) is 3. The number of hydrogen-bond donors (Lipinski definition) is 0. The zero-order valence-electron chi connectivity index (χ0n) is 5.12. The first-order valence-electron chi connectivity index (χ1n) is 2.57. The highest BCUT2D eigenvalue weighted by molar-refractivity contribution is 6.30. The predicted octanol–water partition coefficient (Wildman–Crippen LogP) is 1.78. The summed E-state index contributed by atoms with van der Waals surface area (Å²) in [5.41, 5.74) is 0. The Morgan fingerprint density at radius 3 is 2.73 bits per heavy atom. The van der Waals surface area contributed by atoms with E-state index in [1.54, 1.807) is 0 Å². The topological polar surface area (TPSA) is 56.0 Å². The standard InChI is InChI=1S/C5H2ClFN2O2/c6-3-1-4(7)8-5(2-3)9(10)11/h1-2H. The summed E-state index contributed by atoms with van der Waals surface area (Å²) in [6, 6.07) is 1.87. The van der Waals surface area contributed by atoms with Crippen molar-refractivity contribution in [1.29, 1.82) is 0 Å². The van der Waals surface area contributed by atoms with Crippen LogP contribution in [0, 0.1) is 16.1 Å². The molecule has 0 aliphatic carbocycles. The van der Waals surface area contributed by atoms with Gasteiger partial charge in [0, 0.05) is 6.07 Å². The third-order valence-electron chi connectivity index (χ3n) is 0.932. The summed E-state index contributed by atoms with van der Waals surface area (Å²) in [5, 5.41) is 9.99. The van der Waals surface area contributed by atoms with E-state index in [9.17, 15) is 14.5 Å². The van der Waals surface area contributed by atoms with Crippen LogP contribution < -0.4 is 0 Å². The highest BCUT2D eigenvalue weighted by atomic mass is 35.5. The van der Waals surface area contributed by atoms with Crippen LogP contribution in [0.4, 0.5) is 10.2 Å². The second-order valence-corrected chi connectivity index (χ2v) is 2.16. The summed E-state index contributed by atoms with van der Waals surface area (Å²) in [6.45, 7) is 0. The van der Waals surface area contributed by atoms with Crippen molar-refractivity contribution in [2.75, 3.05) is 0 Å². The number of nitro groups is 1. The monoisotopic (exact) mass is 176 g/mol. The van der Waals surface area contributed by atoms with E-state index >= 15 is 0 Å². The van der Waals surface area contributed by atoms with Gasteiger partial charge in [-0.25, -0.2) is 0 Å². The molecular formula is C5H2ClFN2O2. The van der Waals surface area contributed by atoms with Gasteiger partial charge in [0.25, 0.3) is 0 Å². The molecule has 0 N–H and O–H groups in total. The molecule has 11 heavy (non-hydrogen) atoms. The molecule has 0 spiro atoms. The lowest BCUT2D eigenvalue weighted by Crippen LogP contribution is -1.93. The molecule has 0 fully saturated rings. The van der Waals surface area contributed by atoms with E-state index in [-0.39, 0.29) is 5.02 Å². The third-order valence-corrected chi connectivity index (χ3v) is 1.15. The van der Waals surface area contributed by atoms with E-state index in [0.29, 0.717) is 0 Å². The van der Waals surface area contributed by atoms with Crippen LogP contribution in [0.25, 0.3) is 0 Å². The normalized spacial score (nSPS) is 9.64. The molecule has 0 saturated carbocycles. The summed E-state index contributed by atoms with van der Waals surface area (Å²) in [5.74, 6) is -1.54. The van der Waals surface area contributed by atoms with Crippen molar-refractivity contribution in [2.24, 2.45) is 0 Å². The molecule has 58 valence electrons. The Labute approximate surface area is 65.8 Å². The number of aromatic nitrogens is 1. The van der Waals surface area contributed by atoms with Gasteiger partial charge in [-0.2, -0.15) is 4.39 Å². The van der Waals surface area contributed by atoms with Gasteiger partial charge in [-0.1, -0.05) is 11.6 Å². The molecule has 1 aromatic heterocycles. The molecule has 0 aliphatic rings. The fourth-order valence-electron chi connectivity index (χ4n) is 0.546. The molecule has 4 nitrogen and oxygen atoms in total. The van der Waals surface area contributed by atoms with Gasteiger partial charge in [0.15, 0.2) is 0 Å². The van der Waals surface area contributed by atoms with Crippen molar-refractivity contribution in [3.63, 3.8) is 0 Å². The van der Waals surface area contributed by atoms with Crippen LogP contribution in [0.3, 0.4) is 0 Å². The van der Waals surface area contributed by atoms with Crippen LogP contribution in [0.2, 0.25) is 5.02 Å². The maximum absolute atomic E-state index is 12.3. The van der Waals surface area contributed by atoms with Crippen molar-refractivity contribution in [1.82, 2.24) is 4.98 Å². The fourth-order valence-corrected chi connectivity index (χ4v) is 0.734. The van der Waals surface area contributed by atoms with Crippen molar-refractivity contribution in [3.05, 3.63) is 33.2 Å². The van der Waals surface area contributed by atoms with Gasteiger partial charge >= 0.3 is 11.8 Å². The summed E-state index contributed by atoms with van der Waals surface area (Å²) < 4.78 is 12.3. The largest absolute Gasteiger partial charge is 0.368 e. The average Bonchev–Trinajstić information content (AvgIpc) is 1.85. The second kappa shape index (κ2) is 2.79. The first kappa shape index (κ1) is 7.87. The van der Waals surface area contributed by atoms with Crippen molar-refractivity contribution in [2.45, 2.75) is 0 Å². The third kappa shape index (κ3) is 1.84. The van der Waals surface area contributed by atoms with Gasteiger partial charge in [0.2, 0.25) is 0 Å². The zero-order chi connectivity index (χ0) is 8.43. The molecule has 0 bridgehead atoms. The van der Waals surface area contributed by atoms with Gasteiger partial charge in [-0.15, -0.1) is 0 Å². The highest BCUT2D eigenvalue weighted by Gasteiger charge is 2.11. The average molecular weight is 177 g/mol. The van der Waals surface area contributed by atoms with Crippen LogP contribution >= 0.6 is 11.6 Å². The lowest BCUT2D eigenvalue weighted by atomic mass is 10.4. The zero-order valence-corrected chi connectivity index (χ0v) is 5.88. The summed E-state index contributed by atoms with van der Waals surface area (Å²) >= 11 is 5.31. The van der Waals surface area contributed by atoms with Gasteiger partial charge in [-0.3, -0.25) is 0 Å². The number of nitrogens with zero attached hydrogens (tertiary/aromatic N) is 2. The number of halogens is 2. The molecule has 0 aromatic carbocycles. The highest BCUT2D eigenvalue weighted by Crippen LogP contribution is 2.15. The van der Waals surface area contributed by atoms with E-state index in [2.05, 4.69) is 4.98 Å². The van der Waals surface area contributed by atoms with E-state index in [4.69, 9.17) is 11.6 Å². The molecule has 0 radical (unpaired) electrons. The predicted molar refractivity (Wildman–Crippen MR) is 35.9 cm³/mol. The second-order valence-electron chi connectivity index (χ2n) is 1.72. The first-order chi connectivity index (χ1) is 5.09. The van der Waals surface area contributed by atoms with Gasteiger partial charge in [0.05, 0.1) is 11.1 Å². The van der Waals surface area contributed by atoms with Crippen LogP contribution in [-0.4, -0.2) is 9.91 Å². The molecule has 0 aliphatic heterocycles. The van der Waals surface area contributed by atoms with Crippen LogP contribution in [0.1, 0.15) is 0 Å². The molecule has 0 unspecified atom stereocenters. The fraction of sp³-hybridized carbons (Fsp3) is 0. The maximum Gasteiger partial charge on any atom is 0.368 e. The molecule has 0 saturated heterocycles. The van der Waals surface area contributed by atoms with Gasteiger partial charge in [-0.05, 0) is 9.91 Å². The van der Waals surface area contributed by atoms with E-state index in [1.165, 1.54) is 0 Å². The van der Waals surface area contributed by atoms with Crippen LogP contribution in [0.5, 0.6) is 0 Å². The van der Waals surface area contributed by atoms with E-state index < -0.39 is 16.7 Å².